The zero-order chi connectivity index (χ0) is 18.5. The van der Waals surface area contributed by atoms with Gasteiger partial charge in [0.05, 0.1) is 0 Å². The summed E-state index contributed by atoms with van der Waals surface area (Å²) in [6, 6.07) is 21.8. The fourth-order valence-corrected chi connectivity index (χ4v) is 2.60. The highest BCUT2D eigenvalue weighted by Gasteiger charge is 2.10. The van der Waals surface area contributed by atoms with Crippen LogP contribution in [-0.4, -0.2) is 11.8 Å². The average Bonchev–Trinajstić information content (AvgIpc) is 2.65. The largest absolute Gasteiger partial charge is 0.322 e. The highest BCUT2D eigenvalue weighted by atomic mass is 16.2. The number of rotatable bonds is 4. The third-order valence-electron chi connectivity index (χ3n) is 4.06. The van der Waals surface area contributed by atoms with Crippen molar-refractivity contribution >= 4 is 23.2 Å². The summed E-state index contributed by atoms with van der Waals surface area (Å²) < 4.78 is 0. The minimum atomic E-state index is -0.213. The molecule has 0 aliphatic rings. The van der Waals surface area contributed by atoms with E-state index >= 15 is 0 Å². The molecule has 3 rings (SSSR count). The number of aryl methyl sites for hydroxylation is 2. The van der Waals surface area contributed by atoms with Gasteiger partial charge in [0, 0.05) is 22.5 Å². The zero-order valence-electron chi connectivity index (χ0n) is 14.7. The number of hydrogen-bond acceptors (Lipinski definition) is 2. The topological polar surface area (TPSA) is 58.2 Å². The molecule has 0 fully saturated rings. The van der Waals surface area contributed by atoms with Crippen molar-refractivity contribution in [3.8, 4) is 0 Å². The zero-order valence-corrected chi connectivity index (χ0v) is 14.7. The molecule has 2 N–H and O–H groups in total. The summed E-state index contributed by atoms with van der Waals surface area (Å²) in [5, 5.41) is 5.75. The van der Waals surface area contributed by atoms with Crippen LogP contribution in [0.1, 0.15) is 31.8 Å². The lowest BCUT2D eigenvalue weighted by molar-refractivity contribution is 0.101. The van der Waals surface area contributed by atoms with Crippen molar-refractivity contribution in [1.82, 2.24) is 0 Å². The van der Waals surface area contributed by atoms with E-state index in [1.165, 1.54) is 0 Å². The molecule has 0 aromatic heterocycles. The molecule has 0 saturated carbocycles. The van der Waals surface area contributed by atoms with Gasteiger partial charge in [0.1, 0.15) is 0 Å². The maximum absolute atomic E-state index is 12.6. The summed E-state index contributed by atoms with van der Waals surface area (Å²) >= 11 is 0. The van der Waals surface area contributed by atoms with Gasteiger partial charge >= 0.3 is 0 Å². The average molecular weight is 344 g/mol. The van der Waals surface area contributed by atoms with Crippen molar-refractivity contribution in [2.24, 2.45) is 0 Å². The molecule has 0 aliphatic carbocycles. The van der Waals surface area contributed by atoms with E-state index in [0.29, 0.717) is 16.8 Å². The number of amides is 2. The van der Waals surface area contributed by atoms with E-state index in [0.717, 1.165) is 16.8 Å². The summed E-state index contributed by atoms with van der Waals surface area (Å²) in [4.78, 5) is 24.8. The molecular formula is C22H20N2O2. The molecule has 0 heterocycles. The molecule has 3 aromatic carbocycles. The summed E-state index contributed by atoms with van der Waals surface area (Å²) in [5.74, 6) is -0.424. The molecule has 0 atom stereocenters. The minimum Gasteiger partial charge on any atom is -0.322 e. The van der Waals surface area contributed by atoms with Gasteiger partial charge in [0.2, 0.25) is 0 Å². The normalized spacial score (nSPS) is 10.2. The van der Waals surface area contributed by atoms with E-state index in [9.17, 15) is 9.59 Å². The third kappa shape index (κ3) is 4.16. The van der Waals surface area contributed by atoms with Gasteiger partial charge in [-0.25, -0.2) is 0 Å². The van der Waals surface area contributed by atoms with E-state index < -0.39 is 0 Å². The highest BCUT2D eigenvalue weighted by molar-refractivity contribution is 6.07. The maximum Gasteiger partial charge on any atom is 0.255 e. The molecule has 0 aliphatic heterocycles. The molecule has 4 nitrogen and oxygen atoms in total. The molecule has 3 aromatic rings. The van der Waals surface area contributed by atoms with E-state index in [2.05, 4.69) is 10.6 Å². The molecule has 0 radical (unpaired) electrons. The fraction of sp³-hybridized carbons (Fsp3) is 0.0909. The van der Waals surface area contributed by atoms with Crippen molar-refractivity contribution < 1.29 is 9.59 Å². The number of benzene rings is 3. The Kier molecular flexibility index (Phi) is 5.13. The molecule has 26 heavy (non-hydrogen) atoms. The van der Waals surface area contributed by atoms with E-state index in [4.69, 9.17) is 0 Å². The first kappa shape index (κ1) is 17.4. The first-order chi connectivity index (χ1) is 12.5. The van der Waals surface area contributed by atoms with Gasteiger partial charge in [-0.15, -0.1) is 0 Å². The maximum atomic E-state index is 12.6. The molecule has 0 unspecified atom stereocenters. The van der Waals surface area contributed by atoms with Crippen LogP contribution in [0.3, 0.4) is 0 Å². The third-order valence-corrected chi connectivity index (χ3v) is 4.06. The van der Waals surface area contributed by atoms with Crippen LogP contribution in [0.25, 0.3) is 0 Å². The van der Waals surface area contributed by atoms with Gasteiger partial charge in [0.25, 0.3) is 11.8 Å². The predicted molar refractivity (Wildman–Crippen MR) is 105 cm³/mol. The summed E-state index contributed by atoms with van der Waals surface area (Å²) in [6.45, 7) is 3.93. The lowest BCUT2D eigenvalue weighted by Crippen LogP contribution is -2.15. The van der Waals surface area contributed by atoms with Crippen molar-refractivity contribution in [3.63, 3.8) is 0 Å². The van der Waals surface area contributed by atoms with Gasteiger partial charge in [-0.3, -0.25) is 9.59 Å². The Hall–Kier alpha value is -3.40. The van der Waals surface area contributed by atoms with Crippen molar-refractivity contribution in [1.29, 1.82) is 0 Å². The van der Waals surface area contributed by atoms with Gasteiger partial charge in [-0.05, 0) is 61.4 Å². The first-order valence-electron chi connectivity index (χ1n) is 8.38. The number of anilines is 2. The van der Waals surface area contributed by atoms with Gasteiger partial charge < -0.3 is 10.6 Å². The molecule has 0 bridgehead atoms. The molecular weight excluding hydrogens is 324 g/mol. The smallest absolute Gasteiger partial charge is 0.255 e. The Morgan fingerprint density at radius 1 is 0.692 bits per heavy atom. The fourth-order valence-electron chi connectivity index (χ4n) is 2.60. The Balaban J connectivity index is 1.75. The van der Waals surface area contributed by atoms with E-state index in [1.807, 2.05) is 50.2 Å². The molecule has 0 spiro atoms. The van der Waals surface area contributed by atoms with Gasteiger partial charge in [-0.2, -0.15) is 0 Å². The second-order valence-electron chi connectivity index (χ2n) is 6.17. The second kappa shape index (κ2) is 7.66. The quantitative estimate of drug-likeness (QED) is 0.714. The Morgan fingerprint density at radius 3 is 2.15 bits per heavy atom. The van der Waals surface area contributed by atoms with Gasteiger partial charge in [-0.1, -0.05) is 36.4 Å². The van der Waals surface area contributed by atoms with Crippen LogP contribution in [0.2, 0.25) is 0 Å². The Labute approximate surface area is 152 Å². The summed E-state index contributed by atoms with van der Waals surface area (Å²) in [5.41, 5.74) is 4.49. The SMILES string of the molecule is Cc1ccc(C)c(NC(=O)c2cccc(NC(=O)c3ccccc3)c2)c1. The minimum absolute atomic E-state index is 0.210. The standard InChI is InChI=1S/C22H20N2O2/c1-15-11-12-16(2)20(13-15)24-22(26)18-9-6-10-19(14-18)23-21(25)17-7-4-3-5-8-17/h3-14H,1-2H3,(H,23,25)(H,24,26). The highest BCUT2D eigenvalue weighted by Crippen LogP contribution is 2.19. The van der Waals surface area contributed by atoms with Crippen LogP contribution >= 0.6 is 0 Å². The summed E-state index contributed by atoms with van der Waals surface area (Å²) in [7, 11) is 0. The Bertz CT molecular complexity index is 949. The number of carbonyl (C=O) groups is 2. The molecule has 4 heteroatoms. The van der Waals surface area contributed by atoms with Crippen LogP contribution in [0, 0.1) is 13.8 Å². The first-order valence-corrected chi connectivity index (χ1v) is 8.38. The van der Waals surface area contributed by atoms with Crippen LogP contribution in [0.4, 0.5) is 11.4 Å². The molecule has 130 valence electrons. The van der Waals surface area contributed by atoms with Crippen molar-refractivity contribution in [2.75, 3.05) is 10.6 Å². The van der Waals surface area contributed by atoms with Crippen LogP contribution in [0.5, 0.6) is 0 Å². The van der Waals surface area contributed by atoms with Crippen LogP contribution in [-0.2, 0) is 0 Å². The van der Waals surface area contributed by atoms with E-state index in [-0.39, 0.29) is 11.8 Å². The number of carbonyl (C=O) groups excluding carboxylic acids is 2. The van der Waals surface area contributed by atoms with Crippen molar-refractivity contribution in [3.05, 3.63) is 95.1 Å². The lowest BCUT2D eigenvalue weighted by Gasteiger charge is -2.11. The van der Waals surface area contributed by atoms with Gasteiger partial charge in [0.15, 0.2) is 0 Å². The lowest BCUT2D eigenvalue weighted by atomic mass is 10.1. The second-order valence-corrected chi connectivity index (χ2v) is 6.17. The van der Waals surface area contributed by atoms with Crippen LogP contribution < -0.4 is 10.6 Å². The molecule has 0 saturated heterocycles. The number of hydrogen-bond donors (Lipinski definition) is 2. The van der Waals surface area contributed by atoms with Crippen LogP contribution in [0.15, 0.2) is 72.8 Å². The summed E-state index contributed by atoms with van der Waals surface area (Å²) in [6.07, 6.45) is 0. The van der Waals surface area contributed by atoms with Crippen molar-refractivity contribution in [2.45, 2.75) is 13.8 Å². The predicted octanol–water partition coefficient (Wildman–Crippen LogP) is 4.81. The number of nitrogens with one attached hydrogen (secondary N) is 2. The molecule has 2 amide bonds. The van der Waals surface area contributed by atoms with E-state index in [1.54, 1.807) is 36.4 Å². The monoisotopic (exact) mass is 344 g/mol. The Morgan fingerprint density at radius 2 is 1.38 bits per heavy atom.